The molecule has 0 aliphatic rings. The first kappa shape index (κ1) is 14.8. The fourth-order valence-electron chi connectivity index (χ4n) is 1.65. The van der Waals surface area contributed by atoms with Crippen molar-refractivity contribution < 1.29 is 17.5 Å². The molecule has 108 valence electrons. The summed E-state index contributed by atoms with van der Waals surface area (Å²) >= 11 is 0. The van der Waals surface area contributed by atoms with Crippen LogP contribution in [0.1, 0.15) is 0 Å². The summed E-state index contributed by atoms with van der Waals surface area (Å²) in [5.74, 6) is -0.653. The third-order valence-corrected chi connectivity index (χ3v) is 3.95. The van der Waals surface area contributed by atoms with Gasteiger partial charge in [-0.1, -0.05) is 24.3 Å². The smallest absolute Gasteiger partial charge is 0.264 e. The summed E-state index contributed by atoms with van der Waals surface area (Å²) in [6, 6.07) is 13.0. The van der Waals surface area contributed by atoms with Crippen molar-refractivity contribution in [2.75, 3.05) is 11.3 Å². The van der Waals surface area contributed by atoms with Gasteiger partial charge in [0.1, 0.15) is 22.5 Å². The maximum Gasteiger partial charge on any atom is 0.264 e. The summed E-state index contributed by atoms with van der Waals surface area (Å²) in [5.41, 5.74) is 0.135. The van der Waals surface area contributed by atoms with Crippen LogP contribution in [0.3, 0.4) is 0 Å². The van der Waals surface area contributed by atoms with E-state index in [1.165, 1.54) is 24.3 Å². The summed E-state index contributed by atoms with van der Waals surface area (Å²) in [4.78, 5) is -0.458. The molecule has 2 aromatic rings. The van der Waals surface area contributed by atoms with Gasteiger partial charge in [-0.3, -0.25) is 4.72 Å². The molecule has 0 atom stereocenters. The number of hydrogen-bond acceptors (Lipinski definition) is 4. The lowest BCUT2D eigenvalue weighted by Gasteiger charge is -2.12. The van der Waals surface area contributed by atoms with Gasteiger partial charge in [0.15, 0.2) is 6.61 Å². The van der Waals surface area contributed by atoms with E-state index in [0.29, 0.717) is 0 Å². The highest BCUT2D eigenvalue weighted by molar-refractivity contribution is 7.92. The molecule has 0 unspecified atom stereocenters. The molecule has 7 heteroatoms. The first-order valence-corrected chi connectivity index (χ1v) is 7.39. The number of hydrogen-bond donors (Lipinski definition) is 1. The fraction of sp³-hybridized carbons (Fsp3) is 0.0714. The van der Waals surface area contributed by atoms with E-state index in [9.17, 15) is 12.8 Å². The normalized spacial score (nSPS) is 10.7. The van der Waals surface area contributed by atoms with Crippen molar-refractivity contribution in [3.8, 4) is 11.8 Å². The molecule has 0 bridgehead atoms. The highest BCUT2D eigenvalue weighted by atomic mass is 32.2. The van der Waals surface area contributed by atoms with E-state index >= 15 is 0 Å². The molecule has 0 spiro atoms. The van der Waals surface area contributed by atoms with Crippen LogP contribution >= 0.6 is 0 Å². The van der Waals surface area contributed by atoms with Gasteiger partial charge in [0.2, 0.25) is 0 Å². The van der Waals surface area contributed by atoms with Gasteiger partial charge in [0.05, 0.1) is 5.69 Å². The van der Waals surface area contributed by atoms with Crippen molar-refractivity contribution in [1.82, 2.24) is 0 Å². The monoisotopic (exact) mass is 306 g/mol. The Hall–Kier alpha value is -2.59. The minimum atomic E-state index is -4.08. The number of halogens is 1. The summed E-state index contributed by atoms with van der Waals surface area (Å²) < 4.78 is 45.3. The Kier molecular flexibility index (Phi) is 4.40. The topological polar surface area (TPSA) is 79.2 Å². The Morgan fingerprint density at radius 3 is 2.52 bits per heavy atom. The van der Waals surface area contributed by atoms with Crippen LogP contribution in [0.4, 0.5) is 10.1 Å². The first-order chi connectivity index (χ1) is 10.0. The van der Waals surface area contributed by atoms with Crippen LogP contribution < -0.4 is 9.46 Å². The third kappa shape index (κ3) is 3.49. The standard InChI is InChI=1S/C14H11FN2O3S/c15-11-5-1-4-8-14(11)21(18,19)17-12-6-2-3-7-13(12)20-10-9-16/h1-8,17H,10H2. The number of nitrogens with one attached hydrogen (secondary N) is 1. The van der Waals surface area contributed by atoms with Crippen molar-refractivity contribution in [1.29, 1.82) is 5.26 Å². The zero-order valence-corrected chi connectivity index (χ0v) is 11.6. The molecule has 2 aromatic carbocycles. The molecule has 0 saturated heterocycles. The van der Waals surface area contributed by atoms with Crippen LogP contribution in [0.2, 0.25) is 0 Å². The van der Waals surface area contributed by atoms with E-state index < -0.39 is 20.7 Å². The molecule has 0 aromatic heterocycles. The number of anilines is 1. The summed E-state index contributed by atoms with van der Waals surface area (Å²) in [7, 11) is -4.08. The van der Waals surface area contributed by atoms with Gasteiger partial charge in [-0.2, -0.15) is 5.26 Å². The molecular weight excluding hydrogens is 295 g/mol. The summed E-state index contributed by atoms with van der Waals surface area (Å²) in [6.07, 6.45) is 0. The Bertz CT molecular complexity index is 785. The number of sulfonamides is 1. The predicted molar refractivity (Wildman–Crippen MR) is 74.8 cm³/mol. The van der Waals surface area contributed by atoms with Crippen molar-refractivity contribution in [2.45, 2.75) is 4.90 Å². The average Bonchev–Trinajstić information content (AvgIpc) is 2.46. The van der Waals surface area contributed by atoms with Crippen LogP contribution in [-0.2, 0) is 10.0 Å². The Morgan fingerprint density at radius 1 is 1.14 bits per heavy atom. The highest BCUT2D eigenvalue weighted by Crippen LogP contribution is 2.27. The van der Waals surface area contributed by atoms with E-state index in [0.717, 1.165) is 12.1 Å². The zero-order chi connectivity index (χ0) is 15.3. The molecule has 0 amide bonds. The van der Waals surface area contributed by atoms with Gasteiger partial charge in [-0.05, 0) is 24.3 Å². The summed E-state index contributed by atoms with van der Waals surface area (Å²) in [6.45, 7) is -0.224. The molecule has 0 heterocycles. The van der Waals surface area contributed by atoms with E-state index in [-0.39, 0.29) is 18.0 Å². The minimum absolute atomic E-state index is 0.135. The minimum Gasteiger partial charge on any atom is -0.477 e. The van der Waals surface area contributed by atoms with Gasteiger partial charge < -0.3 is 4.74 Å². The molecule has 0 aliphatic carbocycles. The maximum atomic E-state index is 13.6. The van der Waals surface area contributed by atoms with Crippen LogP contribution in [0.5, 0.6) is 5.75 Å². The molecule has 0 fully saturated rings. The van der Waals surface area contributed by atoms with Crippen LogP contribution in [-0.4, -0.2) is 15.0 Å². The van der Waals surface area contributed by atoms with E-state index in [1.54, 1.807) is 18.2 Å². The molecule has 21 heavy (non-hydrogen) atoms. The third-order valence-electron chi connectivity index (χ3n) is 2.55. The molecule has 5 nitrogen and oxygen atoms in total. The van der Waals surface area contributed by atoms with Crippen molar-refractivity contribution >= 4 is 15.7 Å². The zero-order valence-electron chi connectivity index (χ0n) is 10.8. The highest BCUT2D eigenvalue weighted by Gasteiger charge is 2.20. The number of para-hydroxylation sites is 2. The second-order valence-electron chi connectivity index (χ2n) is 3.98. The van der Waals surface area contributed by atoms with E-state index in [2.05, 4.69) is 4.72 Å². The van der Waals surface area contributed by atoms with Crippen molar-refractivity contribution in [3.63, 3.8) is 0 Å². The fourth-order valence-corrected chi connectivity index (χ4v) is 2.80. The molecule has 0 radical (unpaired) electrons. The van der Waals surface area contributed by atoms with Crippen LogP contribution in [0.25, 0.3) is 0 Å². The lowest BCUT2D eigenvalue weighted by Crippen LogP contribution is -2.15. The first-order valence-electron chi connectivity index (χ1n) is 5.91. The number of benzene rings is 2. The van der Waals surface area contributed by atoms with Gasteiger partial charge in [-0.25, -0.2) is 12.8 Å². The number of nitrogens with zero attached hydrogens (tertiary/aromatic N) is 1. The molecule has 0 aliphatic heterocycles. The van der Waals surface area contributed by atoms with Gasteiger partial charge in [-0.15, -0.1) is 0 Å². The van der Waals surface area contributed by atoms with Crippen molar-refractivity contribution in [2.24, 2.45) is 0 Å². The Labute approximate surface area is 121 Å². The maximum absolute atomic E-state index is 13.6. The number of ether oxygens (including phenoxy) is 1. The SMILES string of the molecule is N#CCOc1ccccc1NS(=O)(=O)c1ccccc1F. The Morgan fingerprint density at radius 2 is 1.81 bits per heavy atom. The van der Waals surface area contributed by atoms with Gasteiger partial charge in [0, 0.05) is 0 Å². The quantitative estimate of drug-likeness (QED) is 0.920. The van der Waals surface area contributed by atoms with Gasteiger partial charge in [0.25, 0.3) is 10.0 Å². The number of nitriles is 1. The molecule has 2 rings (SSSR count). The predicted octanol–water partition coefficient (Wildman–Crippen LogP) is 2.53. The van der Waals surface area contributed by atoms with Gasteiger partial charge >= 0.3 is 0 Å². The largest absolute Gasteiger partial charge is 0.477 e. The molecule has 1 N–H and O–H groups in total. The average molecular weight is 306 g/mol. The Balaban J connectivity index is 2.34. The van der Waals surface area contributed by atoms with E-state index in [4.69, 9.17) is 10.00 Å². The second-order valence-corrected chi connectivity index (χ2v) is 5.63. The molecule has 0 saturated carbocycles. The number of rotatable bonds is 5. The van der Waals surface area contributed by atoms with Crippen LogP contribution in [0.15, 0.2) is 53.4 Å². The van der Waals surface area contributed by atoms with Crippen LogP contribution in [0, 0.1) is 17.1 Å². The molecular formula is C14H11FN2O3S. The second kappa shape index (κ2) is 6.24. The van der Waals surface area contributed by atoms with E-state index in [1.807, 2.05) is 0 Å². The lowest BCUT2D eigenvalue weighted by atomic mass is 10.3. The summed E-state index contributed by atoms with van der Waals surface area (Å²) in [5, 5.41) is 8.50. The lowest BCUT2D eigenvalue weighted by molar-refractivity contribution is 0.370. The van der Waals surface area contributed by atoms with Crippen molar-refractivity contribution in [3.05, 3.63) is 54.3 Å².